The summed E-state index contributed by atoms with van der Waals surface area (Å²) in [5, 5.41) is 0. The molecule has 1 saturated heterocycles. The van der Waals surface area contributed by atoms with Gasteiger partial charge in [0.1, 0.15) is 17.1 Å². The van der Waals surface area contributed by atoms with Crippen LogP contribution in [-0.2, 0) is 11.8 Å². The molecule has 33 heavy (non-hydrogen) atoms. The van der Waals surface area contributed by atoms with E-state index >= 15 is 0 Å². The average molecular weight is 443 g/mol. The number of amides is 1. The molecule has 0 radical (unpaired) electrons. The van der Waals surface area contributed by atoms with E-state index in [1.807, 2.05) is 67.4 Å². The minimum absolute atomic E-state index is 0.0227. The van der Waals surface area contributed by atoms with Gasteiger partial charge < -0.3 is 18.8 Å². The number of likely N-dealkylation sites (tertiary alicyclic amines) is 1. The third-order valence-corrected chi connectivity index (χ3v) is 6.30. The van der Waals surface area contributed by atoms with Gasteiger partial charge in [0.15, 0.2) is 5.75 Å². The van der Waals surface area contributed by atoms with Crippen molar-refractivity contribution < 1.29 is 9.53 Å². The number of carbonyl (C=O) groups excluding carboxylic acids is 1. The number of aryl methyl sites for hydroxylation is 3. The molecule has 0 unspecified atom stereocenters. The van der Waals surface area contributed by atoms with Crippen molar-refractivity contribution in [1.29, 1.82) is 0 Å². The number of nitrogens with zero attached hydrogens (tertiary/aromatic N) is 4. The second-order valence-electron chi connectivity index (χ2n) is 8.66. The van der Waals surface area contributed by atoms with Crippen LogP contribution in [0.15, 0.2) is 59.5 Å². The van der Waals surface area contributed by atoms with Crippen LogP contribution in [0.5, 0.6) is 11.5 Å². The van der Waals surface area contributed by atoms with Crippen LogP contribution in [0.2, 0.25) is 0 Å². The van der Waals surface area contributed by atoms with Crippen LogP contribution in [0.3, 0.4) is 0 Å². The Kier molecular flexibility index (Phi) is 5.04. The third kappa shape index (κ3) is 3.59. The zero-order chi connectivity index (χ0) is 23.3. The fourth-order valence-corrected chi connectivity index (χ4v) is 4.55. The highest BCUT2D eigenvalue weighted by Crippen LogP contribution is 2.41. The van der Waals surface area contributed by atoms with Crippen molar-refractivity contribution >= 4 is 16.9 Å². The molecule has 0 N–H and O–H groups in total. The van der Waals surface area contributed by atoms with Gasteiger partial charge in [0.25, 0.3) is 5.56 Å². The maximum absolute atomic E-state index is 12.3. The Hall–Kier alpha value is -3.87. The van der Waals surface area contributed by atoms with Crippen LogP contribution in [0, 0.1) is 13.8 Å². The second kappa shape index (κ2) is 7.92. The number of ether oxygens (including phenoxy) is 1. The van der Waals surface area contributed by atoms with E-state index in [0.717, 1.165) is 28.0 Å². The molecule has 0 spiro atoms. The fourth-order valence-electron chi connectivity index (χ4n) is 4.55. The first-order valence-electron chi connectivity index (χ1n) is 11.0. The lowest BCUT2D eigenvalue weighted by Gasteiger charge is -2.40. The van der Waals surface area contributed by atoms with Crippen LogP contribution in [0.25, 0.3) is 22.2 Å². The van der Waals surface area contributed by atoms with Gasteiger partial charge >= 0.3 is 0 Å². The van der Waals surface area contributed by atoms with Crippen molar-refractivity contribution in [3.05, 3.63) is 76.5 Å². The minimum atomic E-state index is -0.0227. The average Bonchev–Trinajstić information content (AvgIpc) is 3.08. The number of carbonyl (C=O) groups is 1. The van der Waals surface area contributed by atoms with Gasteiger partial charge in [-0.05, 0) is 44.2 Å². The van der Waals surface area contributed by atoms with Gasteiger partial charge in [0.2, 0.25) is 5.91 Å². The first-order chi connectivity index (χ1) is 15.8. The van der Waals surface area contributed by atoms with Gasteiger partial charge in [0, 0.05) is 49.9 Å². The van der Waals surface area contributed by atoms with Gasteiger partial charge in [-0.15, -0.1) is 0 Å². The molecule has 1 aliphatic rings. The van der Waals surface area contributed by atoms with Crippen LogP contribution in [-0.4, -0.2) is 38.0 Å². The molecule has 3 heterocycles. The number of fused-ring (bicyclic) bond motifs is 1. The van der Waals surface area contributed by atoms with Crippen molar-refractivity contribution in [2.45, 2.75) is 26.8 Å². The molecule has 0 atom stereocenters. The third-order valence-electron chi connectivity index (χ3n) is 6.30. The van der Waals surface area contributed by atoms with Crippen molar-refractivity contribution in [1.82, 2.24) is 19.0 Å². The molecule has 1 aliphatic heterocycles. The number of rotatable bonds is 4. The van der Waals surface area contributed by atoms with Crippen molar-refractivity contribution in [2.75, 3.05) is 13.1 Å². The Morgan fingerprint density at radius 1 is 1.09 bits per heavy atom. The number of pyridine rings is 1. The topological polar surface area (TPSA) is 69.4 Å². The zero-order valence-corrected chi connectivity index (χ0v) is 19.2. The Balaban J connectivity index is 1.69. The molecular formula is C26H26N4O3. The van der Waals surface area contributed by atoms with Crippen LogP contribution < -0.4 is 10.3 Å². The van der Waals surface area contributed by atoms with Gasteiger partial charge in [-0.1, -0.05) is 18.2 Å². The van der Waals surface area contributed by atoms with Gasteiger partial charge in [-0.2, -0.15) is 0 Å². The molecule has 5 rings (SSSR count). The highest BCUT2D eigenvalue weighted by atomic mass is 16.5. The summed E-state index contributed by atoms with van der Waals surface area (Å²) >= 11 is 0. The first kappa shape index (κ1) is 21.0. The van der Waals surface area contributed by atoms with Crippen LogP contribution >= 0.6 is 0 Å². The van der Waals surface area contributed by atoms with Crippen molar-refractivity contribution in [3.8, 4) is 22.6 Å². The number of aromatic nitrogens is 3. The Morgan fingerprint density at radius 3 is 2.48 bits per heavy atom. The lowest BCUT2D eigenvalue weighted by Crippen LogP contribution is -2.50. The zero-order valence-electron chi connectivity index (χ0n) is 19.2. The van der Waals surface area contributed by atoms with Crippen LogP contribution in [0.1, 0.15) is 24.4 Å². The van der Waals surface area contributed by atoms with Gasteiger partial charge in [-0.3, -0.25) is 9.59 Å². The molecule has 1 amide bonds. The van der Waals surface area contributed by atoms with Crippen molar-refractivity contribution in [2.24, 2.45) is 7.05 Å². The molecule has 0 saturated carbocycles. The van der Waals surface area contributed by atoms with E-state index in [4.69, 9.17) is 9.72 Å². The van der Waals surface area contributed by atoms with E-state index in [2.05, 4.69) is 10.6 Å². The van der Waals surface area contributed by atoms with Crippen molar-refractivity contribution in [3.63, 3.8) is 0 Å². The summed E-state index contributed by atoms with van der Waals surface area (Å²) in [5.41, 5.74) is 4.14. The standard InChI is InChI=1S/C26H26N4O3/c1-16-12-19(13-28(4)26(16)32)22-10-11-23-24(25(22)33-21-8-6-5-7-9-21)27-17(2)30(23)20-14-29(15-20)18(3)31/h5-13,20H,14-15H2,1-4H3. The maximum atomic E-state index is 12.3. The van der Waals surface area contributed by atoms with E-state index < -0.39 is 0 Å². The lowest BCUT2D eigenvalue weighted by molar-refractivity contribution is -0.134. The lowest BCUT2D eigenvalue weighted by atomic mass is 10.0. The molecule has 2 aromatic carbocycles. The SMILES string of the molecule is CC(=O)N1CC(n2c(C)nc3c(Oc4ccccc4)c(-c4cc(C)c(=O)n(C)c4)ccc32)C1. The van der Waals surface area contributed by atoms with Gasteiger partial charge in [0.05, 0.1) is 11.6 Å². The molecule has 2 aromatic heterocycles. The Morgan fingerprint density at radius 2 is 1.82 bits per heavy atom. The summed E-state index contributed by atoms with van der Waals surface area (Å²) in [5.74, 6) is 2.34. The predicted octanol–water partition coefficient (Wildman–Crippen LogP) is 4.21. The fraction of sp³-hybridized carbons (Fsp3) is 0.269. The van der Waals surface area contributed by atoms with E-state index in [1.165, 1.54) is 0 Å². The Labute approximate surface area is 191 Å². The summed E-state index contributed by atoms with van der Waals surface area (Å²) in [6, 6.07) is 15.8. The highest BCUT2D eigenvalue weighted by molar-refractivity contribution is 5.91. The van der Waals surface area contributed by atoms with E-state index in [1.54, 1.807) is 18.5 Å². The molecule has 7 heteroatoms. The summed E-state index contributed by atoms with van der Waals surface area (Å²) in [6.45, 7) is 6.76. The number of benzene rings is 2. The first-order valence-corrected chi connectivity index (χ1v) is 11.0. The monoisotopic (exact) mass is 442 g/mol. The summed E-state index contributed by atoms with van der Waals surface area (Å²) in [6.07, 6.45) is 1.83. The number of para-hydroxylation sites is 1. The highest BCUT2D eigenvalue weighted by Gasteiger charge is 2.32. The van der Waals surface area contributed by atoms with Crippen LogP contribution in [0.4, 0.5) is 0 Å². The number of hydrogen-bond acceptors (Lipinski definition) is 4. The van der Waals surface area contributed by atoms with E-state index in [0.29, 0.717) is 30.2 Å². The molecule has 7 nitrogen and oxygen atoms in total. The van der Waals surface area contributed by atoms with E-state index in [-0.39, 0.29) is 17.5 Å². The Bertz CT molecular complexity index is 1400. The predicted molar refractivity (Wildman–Crippen MR) is 128 cm³/mol. The maximum Gasteiger partial charge on any atom is 0.253 e. The second-order valence-corrected chi connectivity index (χ2v) is 8.66. The molecular weight excluding hydrogens is 416 g/mol. The summed E-state index contributed by atoms with van der Waals surface area (Å²) in [4.78, 5) is 30.7. The molecule has 0 aliphatic carbocycles. The normalized spacial score (nSPS) is 13.9. The number of hydrogen-bond donors (Lipinski definition) is 0. The number of imidazole rings is 1. The van der Waals surface area contributed by atoms with E-state index in [9.17, 15) is 9.59 Å². The summed E-state index contributed by atoms with van der Waals surface area (Å²) in [7, 11) is 1.76. The minimum Gasteiger partial charge on any atom is -0.454 e. The quantitative estimate of drug-likeness (QED) is 0.475. The smallest absolute Gasteiger partial charge is 0.253 e. The molecule has 0 bridgehead atoms. The largest absolute Gasteiger partial charge is 0.454 e. The molecule has 4 aromatic rings. The molecule has 1 fully saturated rings. The molecule has 168 valence electrons. The summed E-state index contributed by atoms with van der Waals surface area (Å²) < 4.78 is 10.2. The van der Waals surface area contributed by atoms with Gasteiger partial charge in [-0.25, -0.2) is 4.98 Å².